The van der Waals surface area contributed by atoms with E-state index in [4.69, 9.17) is 0 Å². The predicted molar refractivity (Wildman–Crippen MR) is 223 cm³/mol. The van der Waals surface area contributed by atoms with Gasteiger partial charge < -0.3 is 20.4 Å². The fraction of sp³-hybridized carbons (Fsp3) is 0.478. The number of rotatable bonds is 8. The van der Waals surface area contributed by atoms with Crippen LogP contribution in [0.15, 0.2) is 48.5 Å². The first kappa shape index (κ1) is 54.5. The van der Waals surface area contributed by atoms with Crippen molar-refractivity contribution in [1.29, 1.82) is 0 Å². The van der Waals surface area contributed by atoms with Crippen LogP contribution in [0.5, 0.6) is 23.0 Å². The number of nitrogens with zero attached hydrogens (tertiary/aromatic N) is 2. The second kappa shape index (κ2) is 21.0. The molecule has 4 rings (SSSR count). The molecule has 0 aliphatic carbocycles. The molecule has 6 nitrogen and oxygen atoms in total. The van der Waals surface area contributed by atoms with Crippen molar-refractivity contribution in [3.63, 3.8) is 0 Å². The molecule has 0 fully saturated rings. The molecule has 0 spiro atoms. The number of aromatic hydroxyl groups is 4. The van der Waals surface area contributed by atoms with Gasteiger partial charge in [-0.3, -0.25) is 9.80 Å². The summed E-state index contributed by atoms with van der Waals surface area (Å²) in [4.78, 5) is 3.61. The number of benzene rings is 4. The molecule has 0 atom stereocenters. The van der Waals surface area contributed by atoms with Crippen molar-refractivity contribution in [2.75, 3.05) is 14.1 Å². The second-order valence-electron chi connectivity index (χ2n) is 19.2. The van der Waals surface area contributed by atoms with Crippen molar-refractivity contribution in [1.82, 2.24) is 9.80 Å². The van der Waals surface area contributed by atoms with E-state index >= 15 is 0 Å². The SMILES string of the molecule is CN(Cc1cc(F)cc(C(C)(C)C)c1O)Cc1cc(F)cc(C(C)(C)C)c1O.CN(Cc1cc(F)cc(C(C)(C)C)c1O)Cc1cc(F)cc(C(C)(C)C)c1O.[K].[Y]. The minimum atomic E-state index is -0.408. The Labute approximate surface area is 411 Å². The van der Waals surface area contributed by atoms with Crippen LogP contribution in [0, 0.1) is 23.3 Å². The molecule has 312 valence electrons. The molecule has 12 heteroatoms. The Hall–Kier alpha value is -1.54. The summed E-state index contributed by atoms with van der Waals surface area (Å²) >= 11 is 0. The average Bonchev–Trinajstić information content (AvgIpc) is 3.01. The molecule has 0 saturated carbocycles. The minimum absolute atomic E-state index is 0. The largest absolute Gasteiger partial charge is 0.507 e. The quantitative estimate of drug-likeness (QED) is 0.104. The first-order valence-corrected chi connectivity index (χ1v) is 18.8. The van der Waals surface area contributed by atoms with Gasteiger partial charge in [0, 0.05) is 155 Å². The zero-order valence-electron chi connectivity index (χ0n) is 37.2. The van der Waals surface area contributed by atoms with Gasteiger partial charge in [0.1, 0.15) is 46.3 Å². The van der Waals surface area contributed by atoms with E-state index in [-0.39, 0.29) is 133 Å². The molecule has 0 aliphatic heterocycles. The third-order valence-corrected chi connectivity index (χ3v) is 9.61. The third kappa shape index (κ3) is 14.8. The van der Waals surface area contributed by atoms with Gasteiger partial charge in [0.15, 0.2) is 0 Å². The number of halogens is 4. The van der Waals surface area contributed by atoms with E-state index in [0.29, 0.717) is 44.5 Å². The van der Waals surface area contributed by atoms with Crippen molar-refractivity contribution in [3.8, 4) is 23.0 Å². The molecule has 0 unspecified atom stereocenters. The van der Waals surface area contributed by atoms with Crippen LogP contribution < -0.4 is 0 Å². The van der Waals surface area contributed by atoms with Crippen LogP contribution >= 0.6 is 0 Å². The van der Waals surface area contributed by atoms with E-state index < -0.39 is 44.9 Å². The van der Waals surface area contributed by atoms with Crippen LogP contribution in [0.2, 0.25) is 0 Å². The Balaban J connectivity index is 0.000000561. The van der Waals surface area contributed by atoms with Gasteiger partial charge in [-0.25, -0.2) is 17.6 Å². The molecular formula is C46H62F4KN2O4Y. The Morgan fingerprint density at radius 1 is 0.379 bits per heavy atom. The molecule has 0 aliphatic rings. The summed E-state index contributed by atoms with van der Waals surface area (Å²) in [6.07, 6.45) is 0. The molecule has 0 saturated heterocycles. The van der Waals surface area contributed by atoms with Crippen LogP contribution in [0.4, 0.5) is 17.6 Å². The van der Waals surface area contributed by atoms with Crippen molar-refractivity contribution in [2.45, 2.75) is 131 Å². The summed E-state index contributed by atoms with van der Waals surface area (Å²) in [6, 6.07) is 10.7. The zero-order valence-corrected chi connectivity index (χ0v) is 43.2. The molecule has 0 aromatic heterocycles. The maximum Gasteiger partial charge on any atom is 0.124 e. The molecular weight excluding hydrogens is 849 g/mol. The van der Waals surface area contributed by atoms with E-state index in [1.165, 1.54) is 48.5 Å². The first-order chi connectivity index (χ1) is 25.4. The van der Waals surface area contributed by atoms with Crippen LogP contribution in [0.1, 0.15) is 128 Å². The van der Waals surface area contributed by atoms with E-state index in [9.17, 15) is 38.0 Å². The van der Waals surface area contributed by atoms with Crippen molar-refractivity contribution in [3.05, 3.63) is 116 Å². The number of hydrogen-bond acceptors (Lipinski definition) is 6. The van der Waals surface area contributed by atoms with Crippen LogP contribution in [0.3, 0.4) is 0 Å². The van der Waals surface area contributed by atoms with E-state index in [0.717, 1.165) is 0 Å². The normalized spacial score (nSPS) is 12.2. The Kier molecular flexibility index (Phi) is 19.7. The van der Waals surface area contributed by atoms with Gasteiger partial charge in [-0.2, -0.15) is 0 Å². The maximum atomic E-state index is 14.1. The smallest absolute Gasteiger partial charge is 0.124 e. The standard InChI is InChI=1S/2C23H31F2NO2.K.Y/c2*1-22(2,3)18-10-16(24)8-14(20(18)27)12-26(7)13-15-9-17(25)11-19(21(15)28)23(4,5)6;;/h2*8-11,27-28H,12-13H2,1-7H3;;. The van der Waals surface area contributed by atoms with Crippen molar-refractivity contribution >= 4 is 51.4 Å². The monoisotopic (exact) mass is 910 g/mol. The van der Waals surface area contributed by atoms with Crippen LogP contribution in [0.25, 0.3) is 0 Å². The molecule has 4 aromatic rings. The number of phenolic OH excluding ortho intramolecular Hbond substituents is 4. The maximum absolute atomic E-state index is 14.1. The first-order valence-electron chi connectivity index (χ1n) is 18.8. The number of phenols is 4. The Morgan fingerprint density at radius 3 is 0.672 bits per heavy atom. The zero-order chi connectivity index (χ0) is 42.9. The summed E-state index contributed by atoms with van der Waals surface area (Å²) in [6.45, 7) is 24.0. The fourth-order valence-electron chi connectivity index (χ4n) is 6.67. The molecule has 4 aromatic carbocycles. The van der Waals surface area contributed by atoms with Crippen LogP contribution in [-0.4, -0.2) is 95.7 Å². The van der Waals surface area contributed by atoms with Gasteiger partial charge in [0.2, 0.25) is 0 Å². The average molecular weight is 911 g/mol. The van der Waals surface area contributed by atoms with Crippen molar-refractivity contribution < 1.29 is 70.7 Å². The fourth-order valence-corrected chi connectivity index (χ4v) is 6.67. The van der Waals surface area contributed by atoms with Gasteiger partial charge in [-0.05, 0) is 84.3 Å². The van der Waals surface area contributed by atoms with Gasteiger partial charge in [0.05, 0.1) is 0 Å². The molecule has 0 heterocycles. The Morgan fingerprint density at radius 2 is 0.534 bits per heavy atom. The van der Waals surface area contributed by atoms with E-state index in [1.807, 2.05) is 92.9 Å². The van der Waals surface area contributed by atoms with Gasteiger partial charge in [-0.1, -0.05) is 83.1 Å². The summed E-state index contributed by atoms with van der Waals surface area (Å²) in [5.41, 5.74) is 2.39. The van der Waals surface area contributed by atoms with Crippen LogP contribution in [-0.2, 0) is 80.5 Å². The predicted octanol–water partition coefficient (Wildman–Crippen LogP) is 10.8. The molecule has 0 bridgehead atoms. The van der Waals surface area contributed by atoms with E-state index in [2.05, 4.69) is 0 Å². The molecule has 4 N–H and O–H groups in total. The topological polar surface area (TPSA) is 87.4 Å². The number of hydrogen-bond donors (Lipinski definition) is 4. The third-order valence-electron chi connectivity index (χ3n) is 9.61. The van der Waals surface area contributed by atoms with Gasteiger partial charge in [-0.15, -0.1) is 0 Å². The summed E-state index contributed by atoms with van der Waals surface area (Å²) in [7, 11) is 3.56. The van der Waals surface area contributed by atoms with Gasteiger partial charge >= 0.3 is 0 Å². The molecule has 0 amide bonds. The molecule has 58 heavy (non-hydrogen) atoms. The summed E-state index contributed by atoms with van der Waals surface area (Å²) in [5, 5.41) is 42.4. The molecule has 2 radical (unpaired) electrons. The summed E-state index contributed by atoms with van der Waals surface area (Å²) in [5.74, 6) is -1.35. The van der Waals surface area contributed by atoms with Crippen molar-refractivity contribution in [2.24, 2.45) is 0 Å². The van der Waals surface area contributed by atoms with Gasteiger partial charge in [0.25, 0.3) is 0 Å². The van der Waals surface area contributed by atoms with E-state index in [1.54, 1.807) is 14.1 Å². The minimum Gasteiger partial charge on any atom is -0.507 e. The Bertz CT molecular complexity index is 1750. The summed E-state index contributed by atoms with van der Waals surface area (Å²) < 4.78 is 56.4. The second-order valence-corrected chi connectivity index (χ2v) is 19.2.